The summed E-state index contributed by atoms with van der Waals surface area (Å²) in [4.78, 5) is 42.6. The van der Waals surface area contributed by atoms with Gasteiger partial charge in [0.25, 0.3) is 5.56 Å². The number of rotatable bonds is 2. The summed E-state index contributed by atoms with van der Waals surface area (Å²) in [7, 11) is 0. The number of benzene rings is 1. The first-order valence-corrected chi connectivity index (χ1v) is 9.32. The Morgan fingerprint density at radius 3 is 2.54 bits per heavy atom. The topological polar surface area (TPSA) is 75.2 Å². The molecule has 2 heterocycles. The fraction of sp³-hybridized carbons (Fsp3) is 0.450. The van der Waals surface area contributed by atoms with Gasteiger partial charge in [0.1, 0.15) is 0 Å². The molecule has 1 aromatic heterocycles. The lowest BCUT2D eigenvalue weighted by Crippen LogP contribution is -2.46. The lowest BCUT2D eigenvalue weighted by Gasteiger charge is -2.35. The molecular formula is C20H23N3O3. The van der Waals surface area contributed by atoms with Crippen molar-refractivity contribution < 1.29 is 4.79 Å². The molecule has 1 aliphatic carbocycles. The smallest absolute Gasteiger partial charge is 0.329 e. The Bertz CT molecular complexity index is 964. The number of aromatic amines is 1. The Labute approximate surface area is 151 Å². The predicted molar refractivity (Wildman–Crippen MR) is 100 cm³/mol. The molecule has 1 fully saturated rings. The highest BCUT2D eigenvalue weighted by molar-refractivity contribution is 5.79. The van der Waals surface area contributed by atoms with Gasteiger partial charge in [0.15, 0.2) is 0 Å². The molecule has 6 heteroatoms. The molecule has 4 rings (SSSR count). The normalized spacial score (nSPS) is 21.2. The van der Waals surface area contributed by atoms with Gasteiger partial charge in [-0.1, -0.05) is 24.3 Å². The molecule has 2 aromatic rings. The number of carbonyl (C=O) groups excluding carboxylic acids is 1. The lowest BCUT2D eigenvalue weighted by molar-refractivity contribution is -0.137. The fourth-order valence-corrected chi connectivity index (χ4v) is 4.13. The van der Waals surface area contributed by atoms with E-state index in [1.54, 1.807) is 24.3 Å². The second-order valence-corrected chi connectivity index (χ2v) is 7.19. The number of carbonyl (C=O) groups is 1. The Hall–Kier alpha value is -2.63. The molecule has 0 spiro atoms. The van der Waals surface area contributed by atoms with Crippen LogP contribution in [0.2, 0.25) is 0 Å². The van der Waals surface area contributed by atoms with Gasteiger partial charge in [0.05, 0.1) is 10.9 Å². The quantitative estimate of drug-likeness (QED) is 0.841. The maximum absolute atomic E-state index is 12.8. The third-order valence-corrected chi connectivity index (χ3v) is 5.60. The van der Waals surface area contributed by atoms with Crippen LogP contribution in [0.25, 0.3) is 10.9 Å². The summed E-state index contributed by atoms with van der Waals surface area (Å²) in [5.41, 5.74) is -0.0424. The molecule has 1 atom stereocenters. The Kier molecular flexibility index (Phi) is 4.49. The minimum atomic E-state index is -0.365. The van der Waals surface area contributed by atoms with Crippen LogP contribution in [0.4, 0.5) is 0 Å². The molecule has 0 radical (unpaired) electrons. The molecule has 2 aliphatic rings. The molecule has 0 bridgehead atoms. The summed E-state index contributed by atoms with van der Waals surface area (Å²) in [6.07, 6.45) is 8.20. The molecule has 1 N–H and O–H groups in total. The van der Waals surface area contributed by atoms with E-state index in [1.807, 2.05) is 4.90 Å². The van der Waals surface area contributed by atoms with Crippen molar-refractivity contribution in [3.8, 4) is 0 Å². The zero-order chi connectivity index (χ0) is 18.1. The summed E-state index contributed by atoms with van der Waals surface area (Å²) in [5, 5.41) is 0.527. The van der Waals surface area contributed by atoms with Crippen LogP contribution in [0.15, 0.2) is 46.0 Å². The zero-order valence-electron chi connectivity index (χ0n) is 14.7. The number of aromatic nitrogens is 2. The van der Waals surface area contributed by atoms with E-state index < -0.39 is 0 Å². The van der Waals surface area contributed by atoms with E-state index in [9.17, 15) is 14.4 Å². The number of hydrogen-bond donors (Lipinski definition) is 1. The van der Waals surface area contributed by atoms with Gasteiger partial charge >= 0.3 is 5.69 Å². The van der Waals surface area contributed by atoms with E-state index in [2.05, 4.69) is 17.1 Å². The summed E-state index contributed by atoms with van der Waals surface area (Å²) >= 11 is 0. The van der Waals surface area contributed by atoms with Crippen molar-refractivity contribution in [1.82, 2.24) is 14.5 Å². The standard InChI is InChI=1S/C20H23N3O3/c24-18(14-6-2-1-3-7-14)22-12-10-15(11-13-22)23-19(25)16-8-4-5-9-17(16)21-20(23)26/h1-2,4-5,8-9,14-15H,3,6-7,10-13H2,(H,21,26)/t14-/m1/s1. The van der Waals surface area contributed by atoms with Gasteiger partial charge in [-0.05, 0) is 44.2 Å². The third-order valence-electron chi connectivity index (χ3n) is 5.60. The van der Waals surface area contributed by atoms with Crippen LogP contribution in [-0.2, 0) is 4.79 Å². The Morgan fingerprint density at radius 2 is 1.81 bits per heavy atom. The van der Waals surface area contributed by atoms with E-state index in [0.29, 0.717) is 36.8 Å². The van der Waals surface area contributed by atoms with Gasteiger partial charge in [-0.3, -0.25) is 14.2 Å². The Balaban J connectivity index is 1.52. The maximum Gasteiger partial charge on any atom is 0.329 e. The number of piperidine rings is 1. The van der Waals surface area contributed by atoms with Gasteiger partial charge in [-0.15, -0.1) is 0 Å². The van der Waals surface area contributed by atoms with Crippen LogP contribution in [0.1, 0.15) is 38.1 Å². The van der Waals surface area contributed by atoms with E-state index in [1.165, 1.54) is 4.57 Å². The van der Waals surface area contributed by atoms with Gasteiger partial charge in [-0.25, -0.2) is 4.79 Å². The molecule has 1 aliphatic heterocycles. The first-order valence-electron chi connectivity index (χ1n) is 9.32. The second-order valence-electron chi connectivity index (χ2n) is 7.19. The summed E-state index contributed by atoms with van der Waals surface area (Å²) < 4.78 is 1.34. The maximum atomic E-state index is 12.8. The molecular weight excluding hydrogens is 330 g/mol. The fourth-order valence-electron chi connectivity index (χ4n) is 4.13. The number of fused-ring (bicyclic) bond motifs is 1. The summed E-state index contributed by atoms with van der Waals surface area (Å²) in [5.74, 6) is 0.302. The molecule has 136 valence electrons. The summed E-state index contributed by atoms with van der Waals surface area (Å²) in [6, 6.07) is 6.91. The number of nitrogens with zero attached hydrogens (tertiary/aromatic N) is 2. The first-order chi connectivity index (χ1) is 12.6. The minimum Gasteiger partial charge on any atom is -0.342 e. The van der Waals surface area contributed by atoms with Crippen molar-refractivity contribution in [1.29, 1.82) is 0 Å². The van der Waals surface area contributed by atoms with Gasteiger partial charge in [0, 0.05) is 25.0 Å². The number of para-hydroxylation sites is 1. The highest BCUT2D eigenvalue weighted by atomic mass is 16.2. The van der Waals surface area contributed by atoms with Crippen LogP contribution >= 0.6 is 0 Å². The van der Waals surface area contributed by atoms with E-state index in [4.69, 9.17) is 0 Å². The van der Waals surface area contributed by atoms with Gasteiger partial charge < -0.3 is 9.88 Å². The SMILES string of the molecule is O=C([C@@H]1CC=CCC1)N1CCC(n2c(=O)[nH]c3ccccc3c2=O)CC1. The van der Waals surface area contributed by atoms with Crippen molar-refractivity contribution in [2.24, 2.45) is 5.92 Å². The highest BCUT2D eigenvalue weighted by Gasteiger charge is 2.29. The number of nitrogens with one attached hydrogen (secondary N) is 1. The number of hydrogen-bond acceptors (Lipinski definition) is 3. The van der Waals surface area contributed by atoms with Gasteiger partial charge in [-0.2, -0.15) is 0 Å². The monoisotopic (exact) mass is 353 g/mol. The largest absolute Gasteiger partial charge is 0.342 e. The molecule has 1 saturated heterocycles. The van der Waals surface area contributed by atoms with Crippen LogP contribution in [-0.4, -0.2) is 33.4 Å². The zero-order valence-corrected chi connectivity index (χ0v) is 14.7. The van der Waals surface area contributed by atoms with Crippen molar-refractivity contribution in [2.75, 3.05) is 13.1 Å². The van der Waals surface area contributed by atoms with E-state index in [-0.39, 0.29) is 29.1 Å². The Morgan fingerprint density at radius 1 is 1.04 bits per heavy atom. The van der Waals surface area contributed by atoms with Crippen molar-refractivity contribution in [3.63, 3.8) is 0 Å². The van der Waals surface area contributed by atoms with Crippen molar-refractivity contribution in [2.45, 2.75) is 38.1 Å². The highest BCUT2D eigenvalue weighted by Crippen LogP contribution is 2.25. The first kappa shape index (κ1) is 16.8. The minimum absolute atomic E-state index is 0.0864. The number of H-pyrrole nitrogens is 1. The van der Waals surface area contributed by atoms with Crippen LogP contribution in [0.3, 0.4) is 0 Å². The van der Waals surface area contributed by atoms with Crippen molar-refractivity contribution in [3.05, 3.63) is 57.3 Å². The molecule has 0 unspecified atom stereocenters. The van der Waals surface area contributed by atoms with Crippen LogP contribution in [0, 0.1) is 5.92 Å². The predicted octanol–water partition coefficient (Wildman–Crippen LogP) is 2.21. The van der Waals surface area contributed by atoms with Crippen LogP contribution in [0.5, 0.6) is 0 Å². The number of likely N-dealkylation sites (tertiary alicyclic amines) is 1. The second kappa shape index (κ2) is 6.94. The van der Waals surface area contributed by atoms with Crippen LogP contribution < -0.4 is 11.2 Å². The number of amides is 1. The lowest BCUT2D eigenvalue weighted by atomic mass is 9.92. The van der Waals surface area contributed by atoms with E-state index in [0.717, 1.165) is 19.3 Å². The molecule has 1 aromatic carbocycles. The third kappa shape index (κ3) is 3.00. The van der Waals surface area contributed by atoms with Gasteiger partial charge in [0.2, 0.25) is 5.91 Å². The summed E-state index contributed by atoms with van der Waals surface area (Å²) in [6.45, 7) is 1.20. The average Bonchev–Trinajstić information content (AvgIpc) is 2.69. The molecule has 0 saturated carbocycles. The van der Waals surface area contributed by atoms with Crippen molar-refractivity contribution >= 4 is 16.8 Å². The number of allylic oxidation sites excluding steroid dienone is 2. The van der Waals surface area contributed by atoms with E-state index >= 15 is 0 Å². The molecule has 1 amide bonds. The average molecular weight is 353 g/mol. The molecule has 26 heavy (non-hydrogen) atoms. The molecule has 6 nitrogen and oxygen atoms in total.